The van der Waals surface area contributed by atoms with Crippen LogP contribution < -0.4 is 4.74 Å². The Balaban J connectivity index is 1.50. The van der Waals surface area contributed by atoms with E-state index in [-0.39, 0.29) is 25.0 Å². The summed E-state index contributed by atoms with van der Waals surface area (Å²) in [4.78, 5) is 21.8. The fraction of sp³-hybridized carbons (Fsp3) is 0.583. The van der Waals surface area contributed by atoms with Gasteiger partial charge in [-0.05, 0) is 49.9 Å². The summed E-state index contributed by atoms with van der Waals surface area (Å²) in [6.45, 7) is 7.96. The van der Waals surface area contributed by atoms with Crippen LogP contribution in [0.1, 0.15) is 35.4 Å². The van der Waals surface area contributed by atoms with Crippen LogP contribution in [0.2, 0.25) is 5.02 Å². The van der Waals surface area contributed by atoms with Gasteiger partial charge in [0.2, 0.25) is 5.91 Å². The highest BCUT2D eigenvalue weighted by atomic mass is 35.5. The van der Waals surface area contributed by atoms with Gasteiger partial charge >= 0.3 is 0 Å². The summed E-state index contributed by atoms with van der Waals surface area (Å²) in [5, 5.41) is 13.6. The van der Waals surface area contributed by atoms with Crippen LogP contribution in [0, 0.1) is 13.8 Å². The molecule has 0 unspecified atom stereocenters. The van der Waals surface area contributed by atoms with Crippen LogP contribution in [0.4, 0.5) is 0 Å². The lowest BCUT2D eigenvalue weighted by atomic mass is 9.96. The molecule has 1 N–H and O–H groups in total. The summed E-state index contributed by atoms with van der Waals surface area (Å²) in [7, 11) is 0. The summed E-state index contributed by atoms with van der Waals surface area (Å²) in [6.07, 6.45) is 2.98. The monoisotopic (exact) mass is 493 g/mol. The summed E-state index contributed by atoms with van der Waals surface area (Å²) in [5.74, 6) is 0.771. The van der Waals surface area contributed by atoms with Gasteiger partial charge < -0.3 is 19.5 Å². The number of piperidine rings is 1. The molecule has 1 aromatic carbocycles. The lowest BCUT2D eigenvalue weighted by Crippen LogP contribution is -2.57. The zero-order chi connectivity index (χ0) is 23.4. The van der Waals surface area contributed by atoms with Crippen molar-refractivity contribution in [3.05, 3.63) is 44.9 Å². The van der Waals surface area contributed by atoms with E-state index >= 15 is 0 Å². The molecule has 0 radical (unpaired) electrons. The first kappa shape index (κ1) is 24.4. The van der Waals surface area contributed by atoms with Gasteiger partial charge in [-0.15, -0.1) is 11.3 Å². The highest BCUT2D eigenvalue weighted by Crippen LogP contribution is 2.30. The van der Waals surface area contributed by atoms with E-state index in [1.54, 1.807) is 11.3 Å². The standard InChI is InChI=1S/C24H32ClN3O4S/c1-17-11-20(12-18(2)23(17)25)31-16-24(13-22(30)28-6-3-19(29)4-7-28)15-27(8-9-32-24)14-21-26-5-10-33-21/h5,10-12,19,29H,3-4,6-9,13-16H2,1-2H3/t24-/m0/s1. The highest BCUT2D eigenvalue weighted by molar-refractivity contribution is 7.09. The molecule has 2 fully saturated rings. The Hall–Kier alpha value is -1.71. The Bertz CT molecular complexity index is 926. The van der Waals surface area contributed by atoms with Gasteiger partial charge in [0.1, 0.15) is 23.0 Å². The molecule has 1 atom stereocenters. The molecule has 1 aromatic heterocycles. The van der Waals surface area contributed by atoms with Crippen molar-refractivity contribution in [1.29, 1.82) is 0 Å². The van der Waals surface area contributed by atoms with Gasteiger partial charge in [0.25, 0.3) is 0 Å². The number of aryl methyl sites for hydroxylation is 2. The second-order valence-electron chi connectivity index (χ2n) is 9.12. The summed E-state index contributed by atoms with van der Waals surface area (Å²) in [6, 6.07) is 3.85. The third-order valence-corrected chi connectivity index (χ3v) is 7.73. The zero-order valence-electron chi connectivity index (χ0n) is 19.3. The number of carbonyl (C=O) groups is 1. The van der Waals surface area contributed by atoms with Crippen molar-refractivity contribution in [2.75, 3.05) is 39.4 Å². The molecule has 2 saturated heterocycles. The van der Waals surface area contributed by atoms with Crippen LogP contribution in [0.25, 0.3) is 0 Å². The predicted octanol–water partition coefficient (Wildman–Crippen LogP) is 3.44. The molecule has 0 spiro atoms. The Kier molecular flexibility index (Phi) is 7.91. The first-order chi connectivity index (χ1) is 15.8. The van der Waals surface area contributed by atoms with E-state index in [1.165, 1.54) is 0 Å². The van der Waals surface area contributed by atoms with Crippen molar-refractivity contribution < 1.29 is 19.4 Å². The quantitative estimate of drug-likeness (QED) is 0.637. The van der Waals surface area contributed by atoms with Gasteiger partial charge in [0.05, 0.1) is 25.7 Å². The van der Waals surface area contributed by atoms with E-state index in [4.69, 9.17) is 21.1 Å². The Morgan fingerprint density at radius 1 is 1.30 bits per heavy atom. The highest BCUT2D eigenvalue weighted by Gasteiger charge is 2.41. The van der Waals surface area contributed by atoms with Gasteiger partial charge in [-0.2, -0.15) is 0 Å². The molecule has 0 saturated carbocycles. The molecule has 33 heavy (non-hydrogen) atoms. The van der Waals surface area contributed by atoms with Crippen molar-refractivity contribution in [2.24, 2.45) is 0 Å². The van der Waals surface area contributed by atoms with Crippen LogP contribution in [-0.4, -0.2) is 76.9 Å². The van der Waals surface area contributed by atoms with Gasteiger partial charge in [-0.1, -0.05) is 11.6 Å². The van der Waals surface area contributed by atoms with Crippen LogP contribution in [-0.2, 0) is 16.1 Å². The number of hydrogen-bond acceptors (Lipinski definition) is 7. The Morgan fingerprint density at radius 2 is 2.03 bits per heavy atom. The maximum atomic E-state index is 13.2. The number of thiazole rings is 1. The molecule has 9 heteroatoms. The van der Waals surface area contributed by atoms with Crippen molar-refractivity contribution in [3.63, 3.8) is 0 Å². The van der Waals surface area contributed by atoms with Gasteiger partial charge in [-0.25, -0.2) is 4.98 Å². The number of likely N-dealkylation sites (tertiary alicyclic amines) is 1. The van der Waals surface area contributed by atoms with E-state index in [9.17, 15) is 9.90 Å². The van der Waals surface area contributed by atoms with Gasteiger partial charge in [-0.3, -0.25) is 9.69 Å². The Morgan fingerprint density at radius 3 is 2.70 bits per heavy atom. The fourth-order valence-corrected chi connectivity index (χ4v) is 5.30. The number of aliphatic hydroxyl groups excluding tert-OH is 1. The molecular weight excluding hydrogens is 462 g/mol. The number of amides is 1. The molecule has 7 nitrogen and oxygen atoms in total. The SMILES string of the molecule is Cc1cc(OC[C@]2(CC(=O)N3CCC(O)CC3)CN(Cc3nccs3)CCO2)cc(C)c1Cl. The molecule has 0 aliphatic carbocycles. The smallest absolute Gasteiger partial charge is 0.225 e. The number of morpholine rings is 1. The molecule has 2 aliphatic rings. The fourth-order valence-electron chi connectivity index (χ4n) is 4.53. The molecule has 4 rings (SSSR count). The third kappa shape index (κ3) is 6.25. The second-order valence-corrected chi connectivity index (χ2v) is 10.5. The largest absolute Gasteiger partial charge is 0.490 e. The van der Waals surface area contributed by atoms with Crippen LogP contribution in [0.15, 0.2) is 23.7 Å². The van der Waals surface area contributed by atoms with Crippen molar-refractivity contribution in [1.82, 2.24) is 14.8 Å². The number of hydrogen-bond donors (Lipinski definition) is 1. The lowest BCUT2D eigenvalue weighted by Gasteiger charge is -2.43. The van der Waals surface area contributed by atoms with Crippen molar-refractivity contribution in [3.8, 4) is 5.75 Å². The average Bonchev–Trinajstić information content (AvgIpc) is 3.29. The van der Waals surface area contributed by atoms with Crippen molar-refractivity contribution >= 4 is 28.8 Å². The predicted molar refractivity (Wildman–Crippen MR) is 129 cm³/mol. The summed E-state index contributed by atoms with van der Waals surface area (Å²) < 4.78 is 12.5. The number of nitrogens with zero attached hydrogens (tertiary/aromatic N) is 3. The van der Waals surface area contributed by atoms with Gasteiger partial charge in [0.15, 0.2) is 0 Å². The normalized spacial score (nSPS) is 22.5. The molecule has 2 aliphatic heterocycles. The summed E-state index contributed by atoms with van der Waals surface area (Å²) >= 11 is 7.95. The third-order valence-electron chi connectivity index (χ3n) is 6.37. The van der Waals surface area contributed by atoms with E-state index in [1.807, 2.05) is 42.5 Å². The average molecular weight is 494 g/mol. The number of carbonyl (C=O) groups excluding carboxylic acids is 1. The minimum atomic E-state index is -0.760. The van der Waals surface area contributed by atoms with E-state index in [0.29, 0.717) is 39.1 Å². The number of aliphatic hydroxyl groups is 1. The maximum Gasteiger partial charge on any atom is 0.225 e. The van der Waals surface area contributed by atoms with E-state index in [2.05, 4.69) is 9.88 Å². The van der Waals surface area contributed by atoms with Gasteiger partial charge in [0, 0.05) is 42.8 Å². The van der Waals surface area contributed by atoms with E-state index in [0.717, 1.165) is 40.0 Å². The molecule has 180 valence electrons. The Labute approximate surface area is 204 Å². The first-order valence-corrected chi connectivity index (χ1v) is 12.7. The number of rotatable bonds is 7. The minimum Gasteiger partial charge on any atom is -0.490 e. The maximum absolute atomic E-state index is 13.2. The number of aromatic nitrogens is 1. The van der Waals surface area contributed by atoms with Crippen molar-refractivity contribution in [2.45, 2.75) is 51.4 Å². The second kappa shape index (κ2) is 10.7. The molecule has 3 heterocycles. The van der Waals surface area contributed by atoms with Crippen LogP contribution >= 0.6 is 22.9 Å². The lowest BCUT2D eigenvalue weighted by molar-refractivity contribution is -0.158. The minimum absolute atomic E-state index is 0.0464. The molecule has 2 aromatic rings. The zero-order valence-corrected chi connectivity index (χ0v) is 20.8. The topological polar surface area (TPSA) is 75.1 Å². The number of ether oxygens (including phenoxy) is 2. The molecule has 1 amide bonds. The van der Waals surface area contributed by atoms with E-state index < -0.39 is 5.60 Å². The number of halogens is 1. The molecular formula is C24H32ClN3O4S. The summed E-state index contributed by atoms with van der Waals surface area (Å²) in [5.41, 5.74) is 1.15. The van der Waals surface area contributed by atoms with Crippen LogP contribution in [0.3, 0.4) is 0 Å². The number of benzene rings is 1. The molecule has 0 bridgehead atoms. The van der Waals surface area contributed by atoms with Crippen LogP contribution in [0.5, 0.6) is 5.75 Å². The first-order valence-electron chi connectivity index (χ1n) is 11.4.